The Bertz CT molecular complexity index is 602. The van der Waals surface area contributed by atoms with Gasteiger partial charge in [-0.3, -0.25) is 10.4 Å². The highest BCUT2D eigenvalue weighted by Crippen LogP contribution is 2.30. The van der Waals surface area contributed by atoms with Crippen molar-refractivity contribution in [1.29, 1.82) is 5.41 Å². The number of pyridine rings is 1. The van der Waals surface area contributed by atoms with Crippen molar-refractivity contribution >= 4 is 17.6 Å². The van der Waals surface area contributed by atoms with Crippen LogP contribution >= 0.6 is 11.8 Å². The zero-order valence-electron chi connectivity index (χ0n) is 9.15. The molecule has 0 radical (unpaired) electrons. The number of benzene rings is 1. The summed E-state index contributed by atoms with van der Waals surface area (Å²) in [7, 11) is 0. The first-order valence-corrected chi connectivity index (χ1v) is 5.82. The highest BCUT2D eigenvalue weighted by molar-refractivity contribution is 7.99. The van der Waals surface area contributed by atoms with Gasteiger partial charge in [0.25, 0.3) is 0 Å². The smallest absolute Gasteiger partial charge is 0.159 e. The zero-order chi connectivity index (χ0) is 13.1. The molecule has 0 spiro atoms. The molecule has 0 aliphatic heterocycles. The van der Waals surface area contributed by atoms with Crippen LogP contribution in [0.1, 0.15) is 5.69 Å². The van der Waals surface area contributed by atoms with Crippen LogP contribution in [-0.4, -0.2) is 10.8 Å². The number of nitrogen functional groups attached to an aromatic ring is 1. The Balaban J connectivity index is 2.34. The molecule has 0 amide bonds. The van der Waals surface area contributed by atoms with Gasteiger partial charge in [0.05, 0.1) is 0 Å². The highest BCUT2D eigenvalue weighted by Gasteiger charge is 2.09. The maximum Gasteiger partial charge on any atom is 0.159 e. The number of aromatic nitrogens is 1. The van der Waals surface area contributed by atoms with E-state index in [9.17, 15) is 8.78 Å². The molecule has 3 N–H and O–H groups in total. The molecule has 0 atom stereocenters. The van der Waals surface area contributed by atoms with E-state index in [1.54, 1.807) is 12.1 Å². The molecule has 1 aromatic heterocycles. The van der Waals surface area contributed by atoms with E-state index < -0.39 is 11.6 Å². The number of amidine groups is 1. The summed E-state index contributed by atoms with van der Waals surface area (Å²) in [5.41, 5.74) is 5.72. The Hall–Kier alpha value is -1.95. The molecule has 0 aliphatic carbocycles. The Morgan fingerprint density at radius 1 is 1.22 bits per heavy atom. The first-order valence-electron chi connectivity index (χ1n) is 5.00. The Labute approximate surface area is 107 Å². The SMILES string of the molecule is N=C(N)c1ncccc1Sc1ccc(F)c(F)c1. The van der Waals surface area contributed by atoms with Gasteiger partial charge < -0.3 is 5.73 Å². The van der Waals surface area contributed by atoms with Gasteiger partial charge in [-0.25, -0.2) is 8.78 Å². The van der Waals surface area contributed by atoms with Crippen LogP contribution < -0.4 is 5.73 Å². The largest absolute Gasteiger partial charge is 0.382 e. The average molecular weight is 265 g/mol. The molecular weight excluding hydrogens is 256 g/mol. The van der Waals surface area contributed by atoms with Crippen LogP contribution in [0.25, 0.3) is 0 Å². The predicted octanol–water partition coefficient (Wildman–Crippen LogP) is 2.80. The molecule has 1 heterocycles. The molecule has 2 aromatic rings. The number of nitrogens with two attached hydrogens (primary N) is 1. The van der Waals surface area contributed by atoms with Crippen molar-refractivity contribution in [2.45, 2.75) is 9.79 Å². The van der Waals surface area contributed by atoms with Crippen molar-refractivity contribution < 1.29 is 8.78 Å². The van der Waals surface area contributed by atoms with E-state index >= 15 is 0 Å². The van der Waals surface area contributed by atoms with Crippen molar-refractivity contribution in [2.75, 3.05) is 0 Å². The van der Waals surface area contributed by atoms with E-state index in [2.05, 4.69) is 4.98 Å². The highest BCUT2D eigenvalue weighted by atomic mass is 32.2. The Morgan fingerprint density at radius 2 is 2.00 bits per heavy atom. The van der Waals surface area contributed by atoms with Crippen LogP contribution in [0.15, 0.2) is 46.3 Å². The fourth-order valence-corrected chi connectivity index (χ4v) is 2.30. The summed E-state index contributed by atoms with van der Waals surface area (Å²) in [5, 5.41) is 7.39. The van der Waals surface area contributed by atoms with Crippen LogP contribution in [-0.2, 0) is 0 Å². The van der Waals surface area contributed by atoms with Gasteiger partial charge in [-0.1, -0.05) is 11.8 Å². The lowest BCUT2D eigenvalue weighted by molar-refractivity contribution is 0.506. The topological polar surface area (TPSA) is 62.8 Å². The average Bonchev–Trinajstić information content (AvgIpc) is 2.34. The van der Waals surface area contributed by atoms with E-state index in [1.807, 2.05) is 0 Å². The number of hydrogen-bond donors (Lipinski definition) is 2. The lowest BCUT2D eigenvalue weighted by Gasteiger charge is -2.06. The number of nitrogens with zero attached hydrogens (tertiary/aromatic N) is 1. The molecule has 6 heteroatoms. The predicted molar refractivity (Wildman–Crippen MR) is 65.7 cm³/mol. The van der Waals surface area contributed by atoms with Gasteiger partial charge in [0.15, 0.2) is 11.6 Å². The first kappa shape index (κ1) is 12.5. The van der Waals surface area contributed by atoms with Crippen LogP contribution in [0.4, 0.5) is 8.78 Å². The van der Waals surface area contributed by atoms with Crippen LogP contribution in [0, 0.1) is 17.0 Å². The number of halogens is 2. The number of hydrogen-bond acceptors (Lipinski definition) is 3. The summed E-state index contributed by atoms with van der Waals surface area (Å²) in [4.78, 5) is 5.12. The summed E-state index contributed by atoms with van der Waals surface area (Å²) in [6.07, 6.45) is 1.52. The zero-order valence-corrected chi connectivity index (χ0v) is 9.97. The van der Waals surface area contributed by atoms with Crippen LogP contribution in [0.3, 0.4) is 0 Å². The second-order valence-corrected chi connectivity index (χ2v) is 4.56. The quantitative estimate of drug-likeness (QED) is 0.662. The van der Waals surface area contributed by atoms with E-state index in [0.717, 1.165) is 12.1 Å². The minimum Gasteiger partial charge on any atom is -0.382 e. The minimum atomic E-state index is -0.909. The number of nitrogens with one attached hydrogen (secondary N) is 1. The second-order valence-electron chi connectivity index (χ2n) is 3.44. The van der Waals surface area contributed by atoms with Crippen molar-refractivity contribution in [1.82, 2.24) is 4.98 Å². The maximum absolute atomic E-state index is 13.1. The van der Waals surface area contributed by atoms with Gasteiger partial charge in [-0.05, 0) is 30.3 Å². The summed E-state index contributed by atoms with van der Waals surface area (Å²) in [6, 6.07) is 7.02. The van der Waals surface area contributed by atoms with Crippen LogP contribution in [0.5, 0.6) is 0 Å². The van der Waals surface area contributed by atoms with E-state index in [-0.39, 0.29) is 5.84 Å². The normalized spacial score (nSPS) is 10.3. The summed E-state index contributed by atoms with van der Waals surface area (Å²) in [6.45, 7) is 0. The van der Waals surface area contributed by atoms with E-state index in [0.29, 0.717) is 15.5 Å². The number of rotatable bonds is 3. The van der Waals surface area contributed by atoms with Gasteiger partial charge >= 0.3 is 0 Å². The van der Waals surface area contributed by atoms with Crippen LogP contribution in [0.2, 0.25) is 0 Å². The van der Waals surface area contributed by atoms with E-state index in [4.69, 9.17) is 11.1 Å². The fraction of sp³-hybridized carbons (Fsp3) is 0. The summed E-state index contributed by atoms with van der Waals surface area (Å²) in [5.74, 6) is -1.97. The molecule has 0 fully saturated rings. The van der Waals surface area contributed by atoms with Crippen molar-refractivity contribution in [3.05, 3.63) is 53.9 Å². The summed E-state index contributed by atoms with van der Waals surface area (Å²) < 4.78 is 25.9. The monoisotopic (exact) mass is 265 g/mol. The molecule has 92 valence electrons. The molecule has 0 unspecified atom stereocenters. The first-order chi connectivity index (χ1) is 8.58. The summed E-state index contributed by atoms with van der Waals surface area (Å²) >= 11 is 1.18. The lowest BCUT2D eigenvalue weighted by atomic mass is 10.3. The van der Waals surface area contributed by atoms with Crippen molar-refractivity contribution in [3.63, 3.8) is 0 Å². The van der Waals surface area contributed by atoms with E-state index in [1.165, 1.54) is 24.0 Å². The maximum atomic E-state index is 13.1. The standard InChI is InChI=1S/C12H9F2N3S/c13-8-4-3-7(6-9(8)14)18-10-2-1-5-17-11(10)12(15)16/h1-6H,(H3,15,16). The minimum absolute atomic E-state index is 0.166. The lowest BCUT2D eigenvalue weighted by Crippen LogP contribution is -2.14. The molecule has 0 aliphatic rings. The molecule has 0 saturated heterocycles. The van der Waals surface area contributed by atoms with Crippen molar-refractivity contribution in [2.24, 2.45) is 5.73 Å². The third-order valence-electron chi connectivity index (χ3n) is 2.14. The van der Waals surface area contributed by atoms with Gasteiger partial charge in [0.2, 0.25) is 0 Å². The molecule has 18 heavy (non-hydrogen) atoms. The molecule has 0 bridgehead atoms. The van der Waals surface area contributed by atoms with Gasteiger partial charge in [0, 0.05) is 16.0 Å². The van der Waals surface area contributed by atoms with Gasteiger partial charge in [-0.15, -0.1) is 0 Å². The molecule has 2 rings (SSSR count). The Kier molecular flexibility index (Phi) is 3.57. The molecular formula is C12H9F2N3S. The second kappa shape index (κ2) is 5.14. The molecule has 0 saturated carbocycles. The van der Waals surface area contributed by atoms with Gasteiger partial charge in [-0.2, -0.15) is 0 Å². The van der Waals surface area contributed by atoms with Crippen molar-refractivity contribution in [3.8, 4) is 0 Å². The molecule has 1 aromatic carbocycles. The van der Waals surface area contributed by atoms with Gasteiger partial charge in [0.1, 0.15) is 11.5 Å². The molecule has 3 nitrogen and oxygen atoms in total. The Morgan fingerprint density at radius 3 is 2.67 bits per heavy atom. The fourth-order valence-electron chi connectivity index (χ4n) is 1.34. The third kappa shape index (κ3) is 2.65. The third-order valence-corrected chi connectivity index (χ3v) is 3.18.